The Labute approximate surface area is 102 Å². The number of nitrogens with zero attached hydrogens (tertiary/aromatic N) is 1. The number of carbonyl (C=O) groups excluding carboxylic acids is 1. The van der Waals surface area contributed by atoms with Gasteiger partial charge in [-0.25, -0.2) is 4.79 Å². The fourth-order valence-electron chi connectivity index (χ4n) is 2.27. The maximum absolute atomic E-state index is 10.5. The Bertz CT molecular complexity index is 390. The molecule has 3 nitrogen and oxygen atoms in total. The van der Waals surface area contributed by atoms with Crippen LogP contribution in [-0.4, -0.2) is 11.8 Å². The lowest BCUT2D eigenvalue weighted by molar-refractivity contribution is -0.0737. The van der Waals surface area contributed by atoms with Crippen LogP contribution in [0.3, 0.4) is 0 Å². The van der Waals surface area contributed by atoms with Crippen molar-refractivity contribution in [2.45, 2.75) is 44.4 Å². The van der Waals surface area contributed by atoms with E-state index in [0.29, 0.717) is 6.61 Å². The molecule has 0 heterocycles. The summed E-state index contributed by atoms with van der Waals surface area (Å²) in [5.41, 5.74) is 0.495. The Kier molecular flexibility index (Phi) is 4.08. The predicted octanol–water partition coefficient (Wildman–Crippen LogP) is 3.20. The normalized spacial score (nSPS) is 18.4. The van der Waals surface area contributed by atoms with Gasteiger partial charge in [0.15, 0.2) is 5.72 Å². The van der Waals surface area contributed by atoms with E-state index in [2.05, 4.69) is 4.99 Å². The van der Waals surface area contributed by atoms with Crippen molar-refractivity contribution in [3.63, 3.8) is 0 Å². The summed E-state index contributed by atoms with van der Waals surface area (Å²) in [5.74, 6) is 0. The van der Waals surface area contributed by atoms with Crippen LogP contribution < -0.4 is 0 Å². The van der Waals surface area contributed by atoms with Gasteiger partial charge in [-0.3, -0.25) is 0 Å². The van der Waals surface area contributed by atoms with Gasteiger partial charge in [-0.15, -0.1) is 0 Å². The molecule has 0 amide bonds. The Morgan fingerprint density at radius 3 is 2.53 bits per heavy atom. The van der Waals surface area contributed by atoms with Crippen molar-refractivity contribution in [2.75, 3.05) is 0 Å². The van der Waals surface area contributed by atoms with Crippen LogP contribution in [0.2, 0.25) is 0 Å². The SMILES string of the molecule is O=C=NC1(OCc2ccccc2)CCCCC1. The Balaban J connectivity index is 2.01. The molecule has 0 radical (unpaired) electrons. The number of hydrogen-bond acceptors (Lipinski definition) is 3. The van der Waals surface area contributed by atoms with Gasteiger partial charge in [0.2, 0.25) is 6.08 Å². The van der Waals surface area contributed by atoms with Crippen LogP contribution in [0, 0.1) is 0 Å². The number of ether oxygens (including phenoxy) is 1. The number of aliphatic imine (C=N–C) groups is 1. The minimum Gasteiger partial charge on any atom is -0.348 e. The summed E-state index contributed by atoms with van der Waals surface area (Å²) in [6, 6.07) is 9.97. The Hall–Kier alpha value is -1.44. The fourth-order valence-corrected chi connectivity index (χ4v) is 2.27. The second-order valence-corrected chi connectivity index (χ2v) is 4.48. The first-order valence-electron chi connectivity index (χ1n) is 6.12. The minimum atomic E-state index is -0.615. The first-order chi connectivity index (χ1) is 8.35. The molecule has 0 atom stereocenters. The highest BCUT2D eigenvalue weighted by Gasteiger charge is 2.32. The fraction of sp³-hybridized carbons (Fsp3) is 0.500. The summed E-state index contributed by atoms with van der Waals surface area (Å²) < 4.78 is 5.87. The predicted molar refractivity (Wildman–Crippen MR) is 65.2 cm³/mol. The van der Waals surface area contributed by atoms with Crippen LogP contribution in [0.15, 0.2) is 35.3 Å². The maximum Gasteiger partial charge on any atom is 0.237 e. The zero-order chi connectivity index (χ0) is 12.0. The van der Waals surface area contributed by atoms with Crippen LogP contribution in [0.1, 0.15) is 37.7 Å². The first-order valence-corrected chi connectivity index (χ1v) is 6.12. The summed E-state index contributed by atoms with van der Waals surface area (Å²) in [7, 11) is 0. The van der Waals surface area contributed by atoms with Crippen LogP contribution in [0.25, 0.3) is 0 Å². The van der Waals surface area contributed by atoms with Gasteiger partial charge in [0.25, 0.3) is 0 Å². The quantitative estimate of drug-likeness (QED) is 0.589. The summed E-state index contributed by atoms with van der Waals surface area (Å²) in [6.45, 7) is 0.506. The lowest BCUT2D eigenvalue weighted by Gasteiger charge is -2.32. The highest BCUT2D eigenvalue weighted by molar-refractivity contribution is 5.34. The zero-order valence-corrected chi connectivity index (χ0v) is 9.89. The van der Waals surface area contributed by atoms with Crippen molar-refractivity contribution in [3.05, 3.63) is 35.9 Å². The smallest absolute Gasteiger partial charge is 0.237 e. The lowest BCUT2D eigenvalue weighted by Crippen LogP contribution is -2.32. The molecule has 17 heavy (non-hydrogen) atoms. The highest BCUT2D eigenvalue weighted by Crippen LogP contribution is 2.33. The Morgan fingerprint density at radius 2 is 1.88 bits per heavy atom. The van der Waals surface area contributed by atoms with Gasteiger partial charge in [-0.2, -0.15) is 4.99 Å². The monoisotopic (exact) mass is 231 g/mol. The lowest BCUT2D eigenvalue weighted by atomic mass is 9.92. The summed E-state index contributed by atoms with van der Waals surface area (Å²) in [4.78, 5) is 14.4. The maximum atomic E-state index is 10.5. The summed E-state index contributed by atoms with van der Waals surface area (Å²) in [5, 5.41) is 0. The highest BCUT2D eigenvalue weighted by atomic mass is 16.5. The third kappa shape index (κ3) is 3.26. The van der Waals surface area contributed by atoms with Gasteiger partial charge in [-0.1, -0.05) is 36.8 Å². The van der Waals surface area contributed by atoms with Crippen LogP contribution in [0.5, 0.6) is 0 Å². The number of isocyanates is 1. The number of rotatable bonds is 4. The van der Waals surface area contributed by atoms with E-state index in [1.165, 1.54) is 6.42 Å². The molecule has 0 aromatic heterocycles. The van der Waals surface area contributed by atoms with E-state index in [4.69, 9.17) is 4.74 Å². The minimum absolute atomic E-state index is 0.506. The topological polar surface area (TPSA) is 38.7 Å². The van der Waals surface area contributed by atoms with E-state index in [-0.39, 0.29) is 0 Å². The molecule has 0 spiro atoms. The first kappa shape index (κ1) is 12.0. The zero-order valence-electron chi connectivity index (χ0n) is 9.89. The molecule has 1 aromatic carbocycles. The molecule has 1 aliphatic carbocycles. The molecule has 0 N–H and O–H groups in total. The van der Waals surface area contributed by atoms with Gasteiger partial charge in [0, 0.05) is 0 Å². The van der Waals surface area contributed by atoms with E-state index >= 15 is 0 Å². The molecule has 1 fully saturated rings. The van der Waals surface area contributed by atoms with Crippen molar-refractivity contribution in [2.24, 2.45) is 4.99 Å². The van der Waals surface area contributed by atoms with E-state index in [1.54, 1.807) is 6.08 Å². The van der Waals surface area contributed by atoms with Crippen LogP contribution >= 0.6 is 0 Å². The molecule has 90 valence electrons. The van der Waals surface area contributed by atoms with Crippen molar-refractivity contribution in [1.82, 2.24) is 0 Å². The molecule has 1 aliphatic rings. The van der Waals surface area contributed by atoms with Crippen molar-refractivity contribution >= 4 is 6.08 Å². The van der Waals surface area contributed by atoms with Gasteiger partial charge in [-0.05, 0) is 31.2 Å². The van der Waals surface area contributed by atoms with Crippen LogP contribution in [0.4, 0.5) is 0 Å². The average molecular weight is 231 g/mol. The molecule has 1 aromatic rings. The summed E-state index contributed by atoms with van der Waals surface area (Å²) >= 11 is 0. The van der Waals surface area contributed by atoms with Gasteiger partial charge in [0.05, 0.1) is 6.61 Å². The largest absolute Gasteiger partial charge is 0.348 e. The van der Waals surface area contributed by atoms with Gasteiger partial charge in [0.1, 0.15) is 0 Å². The van der Waals surface area contributed by atoms with Crippen LogP contribution in [-0.2, 0) is 16.1 Å². The molecule has 1 saturated carbocycles. The standard InChI is InChI=1S/C14H17NO2/c16-12-15-14(9-5-2-6-10-14)17-11-13-7-3-1-4-8-13/h1,3-4,7-8H,2,5-6,9-11H2. The third-order valence-electron chi connectivity index (χ3n) is 3.23. The second-order valence-electron chi connectivity index (χ2n) is 4.48. The molecule has 3 heteroatoms. The molecule has 0 saturated heterocycles. The van der Waals surface area contributed by atoms with E-state index in [0.717, 1.165) is 31.2 Å². The second kappa shape index (κ2) is 5.76. The molecule has 0 unspecified atom stereocenters. The third-order valence-corrected chi connectivity index (χ3v) is 3.23. The van der Waals surface area contributed by atoms with Crippen molar-refractivity contribution in [1.29, 1.82) is 0 Å². The van der Waals surface area contributed by atoms with E-state index in [9.17, 15) is 4.79 Å². The molecule has 2 rings (SSSR count). The summed E-state index contributed by atoms with van der Waals surface area (Å²) in [6.07, 6.45) is 6.66. The van der Waals surface area contributed by atoms with Gasteiger partial charge >= 0.3 is 0 Å². The Morgan fingerprint density at radius 1 is 1.18 bits per heavy atom. The van der Waals surface area contributed by atoms with Crippen molar-refractivity contribution < 1.29 is 9.53 Å². The average Bonchev–Trinajstić information content (AvgIpc) is 2.39. The molecular weight excluding hydrogens is 214 g/mol. The van der Waals surface area contributed by atoms with Gasteiger partial charge < -0.3 is 4.74 Å². The molecule has 0 aliphatic heterocycles. The van der Waals surface area contributed by atoms with E-state index in [1.807, 2.05) is 30.3 Å². The number of hydrogen-bond donors (Lipinski definition) is 0. The van der Waals surface area contributed by atoms with Crippen molar-refractivity contribution in [3.8, 4) is 0 Å². The van der Waals surface area contributed by atoms with E-state index < -0.39 is 5.72 Å². The molecular formula is C14H17NO2. The molecule has 0 bridgehead atoms. The number of benzene rings is 1.